The lowest BCUT2D eigenvalue weighted by Crippen LogP contribution is -2.42. The van der Waals surface area contributed by atoms with E-state index in [2.05, 4.69) is 10.3 Å². The molecule has 26 heavy (non-hydrogen) atoms. The molecule has 0 aliphatic heterocycles. The number of rotatable bonds is 6. The van der Waals surface area contributed by atoms with Crippen molar-refractivity contribution in [3.8, 4) is 0 Å². The first-order valence-corrected chi connectivity index (χ1v) is 8.16. The maximum absolute atomic E-state index is 12.0. The number of carboxylic acids is 1. The van der Waals surface area contributed by atoms with E-state index in [0.717, 1.165) is 22.0 Å². The fraction of sp³-hybridized carbons (Fsp3) is 0.150. The van der Waals surface area contributed by atoms with E-state index >= 15 is 0 Å². The molecule has 0 saturated carbocycles. The Bertz CT molecular complexity index is 907. The number of pyridine rings is 1. The second kappa shape index (κ2) is 8.11. The van der Waals surface area contributed by atoms with Crippen molar-refractivity contribution < 1.29 is 19.4 Å². The number of nitrogens with zero attached hydrogens (tertiary/aromatic N) is 1. The maximum atomic E-state index is 12.0. The average Bonchev–Trinajstić information content (AvgIpc) is 2.67. The first-order chi connectivity index (χ1) is 12.6. The molecule has 0 unspecified atom stereocenters. The van der Waals surface area contributed by atoms with Crippen molar-refractivity contribution in [1.82, 2.24) is 10.3 Å². The number of alkyl carbamates (subject to hydrolysis) is 1. The highest BCUT2D eigenvalue weighted by molar-refractivity contribution is 5.84. The molecule has 0 aliphatic rings. The predicted molar refractivity (Wildman–Crippen MR) is 96.6 cm³/mol. The van der Waals surface area contributed by atoms with Crippen LogP contribution in [-0.4, -0.2) is 28.2 Å². The molecule has 1 atom stereocenters. The molecule has 3 aromatic rings. The minimum absolute atomic E-state index is 0.0806. The summed E-state index contributed by atoms with van der Waals surface area (Å²) in [7, 11) is 0. The Labute approximate surface area is 150 Å². The standard InChI is InChI=1S/C20H18N2O4/c23-19(24)18(22-20(25)26-13-14-6-2-1-3-7-14)12-15-10-11-21-17-9-5-4-8-16(15)17/h1-11,18H,12-13H2,(H,22,25)(H,23,24)/t18-/m1/s1. The number of aromatic nitrogens is 1. The normalized spacial score (nSPS) is 11.7. The molecule has 0 radical (unpaired) electrons. The highest BCUT2D eigenvalue weighted by atomic mass is 16.5. The summed E-state index contributed by atoms with van der Waals surface area (Å²) in [6.07, 6.45) is 1.00. The Hall–Kier alpha value is -3.41. The summed E-state index contributed by atoms with van der Waals surface area (Å²) < 4.78 is 5.11. The van der Waals surface area contributed by atoms with Gasteiger partial charge in [0.25, 0.3) is 0 Å². The third-order valence-electron chi connectivity index (χ3n) is 3.97. The lowest BCUT2D eigenvalue weighted by molar-refractivity contribution is -0.139. The van der Waals surface area contributed by atoms with Gasteiger partial charge in [0.15, 0.2) is 0 Å². The van der Waals surface area contributed by atoms with Crippen LogP contribution in [0.4, 0.5) is 4.79 Å². The minimum Gasteiger partial charge on any atom is -0.480 e. The van der Waals surface area contributed by atoms with Gasteiger partial charge in [0, 0.05) is 18.0 Å². The molecule has 1 heterocycles. The molecule has 3 rings (SSSR count). The van der Waals surface area contributed by atoms with Crippen LogP contribution < -0.4 is 5.32 Å². The quantitative estimate of drug-likeness (QED) is 0.713. The van der Waals surface area contributed by atoms with Crippen LogP contribution in [0.3, 0.4) is 0 Å². The van der Waals surface area contributed by atoms with Gasteiger partial charge in [-0.25, -0.2) is 9.59 Å². The summed E-state index contributed by atoms with van der Waals surface area (Å²) in [6.45, 7) is 0.0806. The van der Waals surface area contributed by atoms with Crippen molar-refractivity contribution >= 4 is 23.0 Å². The average molecular weight is 350 g/mol. The molecular formula is C20H18N2O4. The Morgan fingerprint density at radius 1 is 1.04 bits per heavy atom. The lowest BCUT2D eigenvalue weighted by atomic mass is 10.0. The van der Waals surface area contributed by atoms with Crippen molar-refractivity contribution in [2.24, 2.45) is 0 Å². The van der Waals surface area contributed by atoms with Gasteiger partial charge in [0.1, 0.15) is 12.6 Å². The maximum Gasteiger partial charge on any atom is 0.408 e. The number of hydrogen-bond acceptors (Lipinski definition) is 4. The monoisotopic (exact) mass is 350 g/mol. The lowest BCUT2D eigenvalue weighted by Gasteiger charge is -2.15. The second-order valence-electron chi connectivity index (χ2n) is 5.79. The number of amides is 1. The number of benzene rings is 2. The summed E-state index contributed by atoms with van der Waals surface area (Å²) >= 11 is 0. The largest absolute Gasteiger partial charge is 0.480 e. The third kappa shape index (κ3) is 4.36. The topological polar surface area (TPSA) is 88.5 Å². The first-order valence-electron chi connectivity index (χ1n) is 8.16. The fourth-order valence-electron chi connectivity index (χ4n) is 2.66. The summed E-state index contributed by atoms with van der Waals surface area (Å²) in [5.74, 6) is -1.12. The Morgan fingerprint density at radius 3 is 2.54 bits per heavy atom. The van der Waals surface area contributed by atoms with Crippen LogP contribution in [0.15, 0.2) is 66.9 Å². The molecular weight excluding hydrogens is 332 g/mol. The molecule has 6 nitrogen and oxygen atoms in total. The highest BCUT2D eigenvalue weighted by Crippen LogP contribution is 2.18. The number of ether oxygens (including phenoxy) is 1. The molecule has 1 amide bonds. The summed E-state index contributed by atoms with van der Waals surface area (Å²) in [5, 5.41) is 12.7. The zero-order valence-electron chi connectivity index (χ0n) is 14.0. The van der Waals surface area contributed by atoms with Gasteiger partial charge in [-0.2, -0.15) is 0 Å². The van der Waals surface area contributed by atoms with E-state index in [9.17, 15) is 14.7 Å². The first kappa shape index (κ1) is 17.4. The van der Waals surface area contributed by atoms with Crippen LogP contribution in [0.2, 0.25) is 0 Å². The van der Waals surface area contributed by atoms with Crippen molar-refractivity contribution in [1.29, 1.82) is 0 Å². The number of carbonyl (C=O) groups excluding carboxylic acids is 1. The molecule has 1 aromatic heterocycles. The number of fused-ring (bicyclic) bond motifs is 1. The van der Waals surface area contributed by atoms with Gasteiger partial charge in [-0.1, -0.05) is 48.5 Å². The number of nitrogens with one attached hydrogen (secondary N) is 1. The van der Waals surface area contributed by atoms with Gasteiger partial charge < -0.3 is 15.2 Å². The van der Waals surface area contributed by atoms with E-state index in [1.54, 1.807) is 12.3 Å². The van der Waals surface area contributed by atoms with Crippen LogP contribution in [0.5, 0.6) is 0 Å². The summed E-state index contributed by atoms with van der Waals surface area (Å²) in [6, 6.07) is 17.3. The third-order valence-corrected chi connectivity index (χ3v) is 3.97. The Morgan fingerprint density at radius 2 is 1.77 bits per heavy atom. The van der Waals surface area contributed by atoms with Gasteiger partial charge in [0.2, 0.25) is 0 Å². The molecule has 132 valence electrons. The zero-order valence-corrected chi connectivity index (χ0v) is 14.0. The van der Waals surface area contributed by atoms with Crippen LogP contribution in [-0.2, 0) is 22.6 Å². The molecule has 2 N–H and O–H groups in total. The second-order valence-corrected chi connectivity index (χ2v) is 5.79. The highest BCUT2D eigenvalue weighted by Gasteiger charge is 2.22. The Balaban J connectivity index is 1.67. The molecule has 0 aliphatic carbocycles. The van der Waals surface area contributed by atoms with Gasteiger partial charge >= 0.3 is 12.1 Å². The molecule has 0 bridgehead atoms. The Kier molecular flexibility index (Phi) is 5.43. The van der Waals surface area contributed by atoms with Crippen molar-refractivity contribution in [2.75, 3.05) is 0 Å². The number of hydrogen-bond donors (Lipinski definition) is 2. The SMILES string of the molecule is O=C(N[C@H](Cc1ccnc2ccccc12)C(=O)O)OCc1ccccc1. The van der Waals surface area contributed by atoms with E-state index in [4.69, 9.17) is 4.74 Å². The zero-order chi connectivity index (χ0) is 18.4. The molecule has 2 aromatic carbocycles. The van der Waals surface area contributed by atoms with E-state index in [0.29, 0.717) is 0 Å². The van der Waals surface area contributed by atoms with Crippen molar-refractivity contribution in [2.45, 2.75) is 19.1 Å². The van der Waals surface area contributed by atoms with Gasteiger partial charge in [-0.05, 0) is 23.3 Å². The number of aliphatic carboxylic acids is 1. The number of carbonyl (C=O) groups is 2. The van der Waals surface area contributed by atoms with Crippen molar-refractivity contribution in [3.63, 3.8) is 0 Å². The summed E-state index contributed by atoms with van der Waals surface area (Å²) in [4.78, 5) is 27.8. The van der Waals surface area contributed by atoms with E-state index < -0.39 is 18.1 Å². The molecule has 0 saturated heterocycles. The number of para-hydroxylation sites is 1. The van der Waals surface area contributed by atoms with Crippen molar-refractivity contribution in [3.05, 3.63) is 78.0 Å². The molecule has 0 spiro atoms. The van der Waals surface area contributed by atoms with Gasteiger partial charge in [-0.15, -0.1) is 0 Å². The smallest absolute Gasteiger partial charge is 0.408 e. The van der Waals surface area contributed by atoms with Gasteiger partial charge in [0.05, 0.1) is 5.52 Å². The predicted octanol–water partition coefficient (Wildman–Crippen LogP) is 3.16. The van der Waals surface area contributed by atoms with Gasteiger partial charge in [-0.3, -0.25) is 4.98 Å². The minimum atomic E-state index is -1.12. The fourth-order valence-corrected chi connectivity index (χ4v) is 2.66. The van der Waals surface area contributed by atoms with Crippen LogP contribution in [0, 0.1) is 0 Å². The van der Waals surface area contributed by atoms with E-state index in [1.807, 2.05) is 54.6 Å². The van der Waals surface area contributed by atoms with Crippen LogP contribution >= 0.6 is 0 Å². The van der Waals surface area contributed by atoms with E-state index in [1.165, 1.54) is 0 Å². The van der Waals surface area contributed by atoms with E-state index in [-0.39, 0.29) is 13.0 Å². The number of carboxylic acid groups (broad SMARTS) is 1. The summed E-state index contributed by atoms with van der Waals surface area (Å²) in [5.41, 5.74) is 2.40. The van der Waals surface area contributed by atoms with Crippen LogP contribution in [0.1, 0.15) is 11.1 Å². The van der Waals surface area contributed by atoms with Crippen LogP contribution in [0.25, 0.3) is 10.9 Å². The molecule has 6 heteroatoms. The molecule has 0 fully saturated rings.